The number of nitrogens with one attached hydrogen (secondary N) is 2. The maximum Gasteiger partial charge on any atom is 0.324 e. The molecule has 1 aliphatic heterocycles. The first-order valence-electron chi connectivity index (χ1n) is 13.0. The number of aliphatic carboxylic acids is 1. The number of H-pyrrole nitrogens is 1. The first-order valence-corrected chi connectivity index (χ1v) is 13.0. The summed E-state index contributed by atoms with van der Waals surface area (Å²) in [6.07, 6.45) is 6.56. The minimum Gasteiger partial charge on any atom is -0.481 e. The van der Waals surface area contributed by atoms with Gasteiger partial charge in [-0.2, -0.15) is 0 Å². The molecule has 1 aliphatic carbocycles. The normalized spacial score (nSPS) is 20.5. The predicted molar refractivity (Wildman–Crippen MR) is 146 cm³/mol. The highest BCUT2D eigenvalue weighted by molar-refractivity contribution is 5.96. The molecule has 3 N–H and O–H groups in total. The Kier molecular flexibility index (Phi) is 9.88. The Morgan fingerprint density at radius 3 is 2.65 bits per heavy atom. The Labute approximate surface area is 219 Å². The van der Waals surface area contributed by atoms with E-state index in [1.807, 2.05) is 27.1 Å². The fourth-order valence-electron chi connectivity index (χ4n) is 5.68. The van der Waals surface area contributed by atoms with Gasteiger partial charge in [-0.3, -0.25) is 19.4 Å². The average Bonchev–Trinajstić information content (AvgIpc) is 3.26. The number of aromatic nitrogens is 1. The topological polar surface area (TPSA) is 109 Å². The summed E-state index contributed by atoms with van der Waals surface area (Å²) in [4.78, 5) is 44.9. The maximum atomic E-state index is 13.7. The molecular formula is C28H41N5O4. The molecule has 1 fully saturated rings. The second-order valence-corrected chi connectivity index (χ2v) is 10.1. The Hall–Kier alpha value is -3.17. The van der Waals surface area contributed by atoms with E-state index in [4.69, 9.17) is 9.90 Å². The minimum atomic E-state index is -0.833. The van der Waals surface area contributed by atoms with Crippen LogP contribution >= 0.6 is 0 Å². The second kappa shape index (κ2) is 12.9. The first kappa shape index (κ1) is 28.4. The summed E-state index contributed by atoms with van der Waals surface area (Å²) in [5.41, 5.74) is 3.84. The molecule has 1 aromatic carbocycles. The third-order valence-corrected chi connectivity index (χ3v) is 7.11. The third kappa shape index (κ3) is 6.78. The van der Waals surface area contributed by atoms with Crippen LogP contribution in [-0.2, 0) is 16.0 Å². The highest BCUT2D eigenvalue weighted by atomic mass is 16.4. The molecule has 9 heteroatoms. The molecule has 0 unspecified atom stereocenters. The van der Waals surface area contributed by atoms with E-state index < -0.39 is 5.97 Å². The SMILES string of the molecule is C=CCN1C[C@H](C(=O)N(CCCN(C)C)C(=O)NCC)C[C@@H]2c3cccc4[nH]cc(c34)C[C@H]21.CC(=O)O. The van der Waals surface area contributed by atoms with Crippen LogP contribution in [0.4, 0.5) is 4.79 Å². The van der Waals surface area contributed by atoms with Gasteiger partial charge < -0.3 is 20.3 Å². The molecule has 2 aromatic rings. The van der Waals surface area contributed by atoms with Crippen LogP contribution in [0.1, 0.15) is 43.7 Å². The lowest BCUT2D eigenvalue weighted by molar-refractivity contribution is -0.136. The lowest BCUT2D eigenvalue weighted by Crippen LogP contribution is -2.55. The number of piperidine rings is 1. The van der Waals surface area contributed by atoms with Gasteiger partial charge in [0, 0.05) is 62.2 Å². The third-order valence-electron chi connectivity index (χ3n) is 7.11. The van der Waals surface area contributed by atoms with Crippen molar-refractivity contribution in [2.24, 2.45) is 5.92 Å². The van der Waals surface area contributed by atoms with Crippen LogP contribution in [0.2, 0.25) is 0 Å². The Balaban J connectivity index is 0.000000886. The van der Waals surface area contributed by atoms with Crippen LogP contribution in [0.5, 0.6) is 0 Å². The largest absolute Gasteiger partial charge is 0.481 e. The molecule has 0 spiro atoms. The van der Waals surface area contributed by atoms with Gasteiger partial charge in [-0.15, -0.1) is 6.58 Å². The molecule has 0 bridgehead atoms. The van der Waals surface area contributed by atoms with Crippen molar-refractivity contribution in [3.63, 3.8) is 0 Å². The molecule has 0 radical (unpaired) electrons. The van der Waals surface area contributed by atoms with E-state index in [1.54, 1.807) is 0 Å². The van der Waals surface area contributed by atoms with E-state index in [2.05, 4.69) is 51.1 Å². The van der Waals surface area contributed by atoms with Crippen molar-refractivity contribution in [3.8, 4) is 0 Å². The summed E-state index contributed by atoms with van der Waals surface area (Å²) in [5, 5.41) is 11.6. The monoisotopic (exact) mass is 511 g/mol. The quantitative estimate of drug-likeness (QED) is 0.470. The number of carbonyl (C=O) groups excluding carboxylic acids is 2. The number of benzene rings is 1. The van der Waals surface area contributed by atoms with E-state index >= 15 is 0 Å². The number of rotatable bonds is 8. The van der Waals surface area contributed by atoms with Crippen molar-refractivity contribution >= 4 is 28.8 Å². The van der Waals surface area contributed by atoms with Crippen molar-refractivity contribution in [1.82, 2.24) is 25.0 Å². The molecule has 202 valence electrons. The predicted octanol–water partition coefficient (Wildman–Crippen LogP) is 3.28. The lowest BCUT2D eigenvalue weighted by Gasteiger charge is -2.47. The number of hydrogen-bond donors (Lipinski definition) is 3. The zero-order chi connectivity index (χ0) is 27.1. The smallest absolute Gasteiger partial charge is 0.324 e. The molecule has 37 heavy (non-hydrogen) atoms. The summed E-state index contributed by atoms with van der Waals surface area (Å²) in [7, 11) is 4.01. The van der Waals surface area contributed by atoms with Crippen molar-refractivity contribution in [1.29, 1.82) is 0 Å². The van der Waals surface area contributed by atoms with Gasteiger partial charge in [0.25, 0.3) is 5.97 Å². The van der Waals surface area contributed by atoms with Gasteiger partial charge in [-0.25, -0.2) is 4.79 Å². The maximum absolute atomic E-state index is 13.7. The van der Waals surface area contributed by atoms with Crippen LogP contribution in [0.25, 0.3) is 10.9 Å². The van der Waals surface area contributed by atoms with Gasteiger partial charge >= 0.3 is 6.03 Å². The number of amides is 3. The number of aromatic amines is 1. The van der Waals surface area contributed by atoms with Gasteiger partial charge in [-0.1, -0.05) is 18.2 Å². The molecule has 0 saturated carbocycles. The second-order valence-electron chi connectivity index (χ2n) is 10.1. The highest BCUT2D eigenvalue weighted by Gasteiger charge is 2.43. The average molecular weight is 512 g/mol. The Bertz CT molecular complexity index is 1110. The molecule has 1 aromatic heterocycles. The Morgan fingerprint density at radius 2 is 2.00 bits per heavy atom. The van der Waals surface area contributed by atoms with Gasteiger partial charge in [0.1, 0.15) is 0 Å². The van der Waals surface area contributed by atoms with Crippen LogP contribution < -0.4 is 5.32 Å². The zero-order valence-electron chi connectivity index (χ0n) is 22.5. The summed E-state index contributed by atoms with van der Waals surface area (Å²) in [6.45, 7) is 10.1. The molecule has 2 aliphatic rings. The molecule has 3 amide bonds. The number of urea groups is 1. The summed E-state index contributed by atoms with van der Waals surface area (Å²) in [6, 6.07) is 6.50. The van der Waals surface area contributed by atoms with Crippen LogP contribution in [0.15, 0.2) is 37.1 Å². The van der Waals surface area contributed by atoms with Crippen LogP contribution in [-0.4, -0.2) is 95.6 Å². The Morgan fingerprint density at radius 1 is 1.27 bits per heavy atom. The van der Waals surface area contributed by atoms with Crippen LogP contribution in [0, 0.1) is 5.92 Å². The number of fused-ring (bicyclic) bond motifs is 2. The number of carboxylic acids is 1. The first-order chi connectivity index (χ1) is 17.7. The number of hydrogen-bond acceptors (Lipinski definition) is 5. The van der Waals surface area contributed by atoms with Gasteiger partial charge in [0.2, 0.25) is 5.91 Å². The molecule has 4 rings (SSSR count). The van der Waals surface area contributed by atoms with Crippen molar-refractivity contribution < 1.29 is 19.5 Å². The highest BCUT2D eigenvalue weighted by Crippen LogP contribution is 2.45. The summed E-state index contributed by atoms with van der Waals surface area (Å²) < 4.78 is 0. The van der Waals surface area contributed by atoms with E-state index in [9.17, 15) is 9.59 Å². The molecule has 9 nitrogen and oxygen atoms in total. The van der Waals surface area contributed by atoms with Crippen molar-refractivity contribution in [2.75, 3.05) is 46.8 Å². The summed E-state index contributed by atoms with van der Waals surface area (Å²) >= 11 is 0. The summed E-state index contributed by atoms with van der Waals surface area (Å²) in [5.74, 6) is -0.847. The fraction of sp³-hybridized carbons (Fsp3) is 0.536. The number of likely N-dealkylation sites (tertiary alicyclic amines) is 1. The standard InChI is InChI=1S/C26H37N5O2.C2H4O2/c1-5-11-30-17-19(25(32)31(26(33)27-6-2)13-8-12-29(3)4)14-21-20-9-7-10-22-24(20)18(16-28-22)15-23(21)30;1-2(3)4/h5,7,9-10,16,19,21,23,28H,1,6,8,11-15,17H2,2-4H3,(H,27,33);1H3,(H,3,4)/t19-,21-,23-;/m1./s1. The van der Waals surface area contributed by atoms with Gasteiger partial charge in [0.15, 0.2) is 0 Å². The molecule has 3 atom stereocenters. The molecule has 2 heterocycles. The minimum absolute atomic E-state index is 0.0562. The van der Waals surface area contributed by atoms with E-state index in [0.29, 0.717) is 25.7 Å². The van der Waals surface area contributed by atoms with E-state index in [0.717, 1.165) is 44.8 Å². The zero-order valence-corrected chi connectivity index (χ0v) is 22.5. The molecule has 1 saturated heterocycles. The van der Waals surface area contributed by atoms with E-state index in [1.165, 1.54) is 21.4 Å². The molecular weight excluding hydrogens is 470 g/mol. The lowest BCUT2D eigenvalue weighted by atomic mass is 9.72. The number of imide groups is 1. The van der Waals surface area contributed by atoms with Crippen LogP contribution in [0.3, 0.4) is 0 Å². The van der Waals surface area contributed by atoms with Gasteiger partial charge in [-0.05, 0) is 64.0 Å². The number of carboxylic acid groups (broad SMARTS) is 1. The van der Waals surface area contributed by atoms with E-state index in [-0.39, 0.29) is 23.8 Å². The van der Waals surface area contributed by atoms with Crippen molar-refractivity contribution in [2.45, 2.75) is 45.1 Å². The number of carbonyl (C=O) groups is 3. The van der Waals surface area contributed by atoms with Gasteiger partial charge in [0.05, 0.1) is 5.92 Å². The number of nitrogens with zero attached hydrogens (tertiary/aromatic N) is 3. The fourth-order valence-corrected chi connectivity index (χ4v) is 5.68. The van der Waals surface area contributed by atoms with Crippen molar-refractivity contribution in [3.05, 3.63) is 48.2 Å².